The van der Waals surface area contributed by atoms with E-state index in [0.29, 0.717) is 0 Å². The van der Waals surface area contributed by atoms with Gasteiger partial charge in [0.2, 0.25) is 0 Å². The Kier molecular flexibility index (Phi) is 4.84. The smallest absolute Gasteiger partial charge is 0.118 e. The molecule has 0 aromatic heterocycles. The molecular weight excluding hydrogens is 244 g/mol. The molecule has 1 heteroatoms. The van der Waals surface area contributed by atoms with Gasteiger partial charge in [-0.3, -0.25) is 0 Å². The van der Waals surface area contributed by atoms with Crippen LogP contribution in [0.3, 0.4) is 0 Å². The molecule has 0 N–H and O–H groups in total. The minimum Gasteiger partial charge on any atom is -0.497 e. The Morgan fingerprint density at radius 3 is 2.05 bits per heavy atom. The van der Waals surface area contributed by atoms with Crippen molar-refractivity contribution in [2.75, 3.05) is 7.11 Å². The van der Waals surface area contributed by atoms with Gasteiger partial charge in [0.1, 0.15) is 5.75 Å². The van der Waals surface area contributed by atoms with Crippen LogP contribution in [0.2, 0.25) is 0 Å². The molecule has 0 fully saturated rings. The molecule has 106 valence electrons. The van der Waals surface area contributed by atoms with Crippen LogP contribution in [0.4, 0.5) is 0 Å². The van der Waals surface area contributed by atoms with Crippen LogP contribution in [0, 0.1) is 0 Å². The number of rotatable bonds is 6. The first kappa shape index (κ1) is 14.6. The fourth-order valence-electron chi connectivity index (χ4n) is 2.75. The molecule has 0 aliphatic carbocycles. The highest BCUT2D eigenvalue weighted by Crippen LogP contribution is 2.37. The Morgan fingerprint density at radius 1 is 0.900 bits per heavy atom. The molecule has 0 spiro atoms. The summed E-state index contributed by atoms with van der Waals surface area (Å²) in [6, 6.07) is 19.3. The zero-order valence-corrected chi connectivity index (χ0v) is 12.7. The summed E-state index contributed by atoms with van der Waals surface area (Å²) in [5.41, 5.74) is 2.82. The highest BCUT2D eigenvalue weighted by Gasteiger charge is 2.27. The second-order valence-electron chi connectivity index (χ2n) is 5.53. The number of ether oxygens (including phenoxy) is 1. The highest BCUT2D eigenvalue weighted by atomic mass is 16.5. The van der Waals surface area contributed by atoms with E-state index in [1.54, 1.807) is 7.11 Å². The Balaban J connectivity index is 2.40. The summed E-state index contributed by atoms with van der Waals surface area (Å²) in [7, 11) is 1.71. The van der Waals surface area contributed by atoms with E-state index in [2.05, 4.69) is 68.4 Å². The molecule has 2 aromatic carbocycles. The monoisotopic (exact) mass is 268 g/mol. The molecule has 0 aliphatic heterocycles. The van der Waals surface area contributed by atoms with Crippen LogP contribution >= 0.6 is 0 Å². The van der Waals surface area contributed by atoms with E-state index in [4.69, 9.17) is 4.74 Å². The van der Waals surface area contributed by atoms with Crippen molar-refractivity contribution in [3.8, 4) is 5.75 Å². The van der Waals surface area contributed by atoms with Gasteiger partial charge in [-0.05, 0) is 29.7 Å². The number of methoxy groups -OCH3 is 1. The summed E-state index contributed by atoms with van der Waals surface area (Å²) in [4.78, 5) is 0. The summed E-state index contributed by atoms with van der Waals surface area (Å²) < 4.78 is 5.27. The standard InChI is InChI=1S/C19H24O/c1-4-5-15-19(2,16-9-7-6-8-10-16)17-11-13-18(20-3)14-12-17/h6-14H,4-5,15H2,1-3H3/t19-/m0/s1. The van der Waals surface area contributed by atoms with Gasteiger partial charge < -0.3 is 4.74 Å². The van der Waals surface area contributed by atoms with E-state index >= 15 is 0 Å². The fraction of sp³-hybridized carbons (Fsp3) is 0.368. The number of hydrogen-bond donors (Lipinski definition) is 0. The van der Waals surface area contributed by atoms with E-state index in [1.165, 1.54) is 30.4 Å². The normalized spacial score (nSPS) is 13.8. The average molecular weight is 268 g/mol. The van der Waals surface area contributed by atoms with Crippen molar-refractivity contribution in [1.29, 1.82) is 0 Å². The zero-order valence-electron chi connectivity index (χ0n) is 12.7. The van der Waals surface area contributed by atoms with Gasteiger partial charge in [-0.15, -0.1) is 0 Å². The summed E-state index contributed by atoms with van der Waals surface area (Å²) in [6.07, 6.45) is 3.62. The van der Waals surface area contributed by atoms with Crippen molar-refractivity contribution >= 4 is 0 Å². The Bertz CT molecular complexity index is 515. The molecule has 1 nitrogen and oxygen atoms in total. The van der Waals surface area contributed by atoms with Crippen molar-refractivity contribution < 1.29 is 4.74 Å². The molecule has 0 bridgehead atoms. The summed E-state index contributed by atoms with van der Waals surface area (Å²) >= 11 is 0. The van der Waals surface area contributed by atoms with Crippen molar-refractivity contribution in [1.82, 2.24) is 0 Å². The lowest BCUT2D eigenvalue weighted by molar-refractivity contribution is 0.413. The zero-order chi connectivity index (χ0) is 14.4. The Morgan fingerprint density at radius 2 is 1.50 bits per heavy atom. The summed E-state index contributed by atoms with van der Waals surface area (Å²) in [5.74, 6) is 0.916. The van der Waals surface area contributed by atoms with Gasteiger partial charge in [0.15, 0.2) is 0 Å². The quantitative estimate of drug-likeness (QED) is 0.700. The van der Waals surface area contributed by atoms with Gasteiger partial charge in [-0.25, -0.2) is 0 Å². The summed E-state index contributed by atoms with van der Waals surface area (Å²) in [5, 5.41) is 0. The maximum atomic E-state index is 5.27. The minimum atomic E-state index is 0.0730. The third-order valence-corrected chi connectivity index (χ3v) is 4.17. The maximum Gasteiger partial charge on any atom is 0.118 e. The largest absolute Gasteiger partial charge is 0.497 e. The number of benzene rings is 2. The van der Waals surface area contributed by atoms with Gasteiger partial charge in [0.25, 0.3) is 0 Å². The lowest BCUT2D eigenvalue weighted by Crippen LogP contribution is -2.23. The van der Waals surface area contributed by atoms with Gasteiger partial charge in [-0.1, -0.05) is 69.2 Å². The van der Waals surface area contributed by atoms with Crippen molar-refractivity contribution in [2.24, 2.45) is 0 Å². The third-order valence-electron chi connectivity index (χ3n) is 4.17. The second kappa shape index (κ2) is 6.60. The van der Waals surface area contributed by atoms with Crippen LogP contribution in [0.15, 0.2) is 54.6 Å². The van der Waals surface area contributed by atoms with E-state index in [1.807, 2.05) is 0 Å². The molecule has 0 heterocycles. The third kappa shape index (κ3) is 3.04. The first-order valence-corrected chi connectivity index (χ1v) is 7.41. The predicted molar refractivity (Wildman–Crippen MR) is 85.4 cm³/mol. The van der Waals surface area contributed by atoms with E-state index in [0.717, 1.165) is 5.75 Å². The molecule has 0 saturated carbocycles. The molecule has 2 rings (SSSR count). The van der Waals surface area contributed by atoms with Gasteiger partial charge in [0, 0.05) is 5.41 Å². The number of hydrogen-bond acceptors (Lipinski definition) is 1. The number of unbranched alkanes of at least 4 members (excludes halogenated alkanes) is 1. The van der Waals surface area contributed by atoms with Crippen LogP contribution in [-0.2, 0) is 5.41 Å². The fourth-order valence-corrected chi connectivity index (χ4v) is 2.75. The molecular formula is C19H24O. The minimum absolute atomic E-state index is 0.0730. The lowest BCUT2D eigenvalue weighted by atomic mass is 9.73. The van der Waals surface area contributed by atoms with Crippen LogP contribution in [0.5, 0.6) is 5.75 Å². The Labute approximate surface area is 122 Å². The molecule has 0 amide bonds. The highest BCUT2D eigenvalue weighted by molar-refractivity contribution is 5.40. The van der Waals surface area contributed by atoms with Crippen molar-refractivity contribution in [3.63, 3.8) is 0 Å². The van der Waals surface area contributed by atoms with Crippen LogP contribution in [0.1, 0.15) is 44.2 Å². The van der Waals surface area contributed by atoms with Crippen molar-refractivity contribution in [3.05, 3.63) is 65.7 Å². The Hall–Kier alpha value is -1.76. The molecule has 0 radical (unpaired) electrons. The predicted octanol–water partition coefficient (Wildman–Crippen LogP) is 5.19. The first-order valence-electron chi connectivity index (χ1n) is 7.41. The van der Waals surface area contributed by atoms with E-state index < -0.39 is 0 Å². The second-order valence-corrected chi connectivity index (χ2v) is 5.53. The van der Waals surface area contributed by atoms with Gasteiger partial charge >= 0.3 is 0 Å². The lowest BCUT2D eigenvalue weighted by Gasteiger charge is -2.31. The summed E-state index contributed by atoms with van der Waals surface area (Å²) in [6.45, 7) is 4.60. The molecule has 20 heavy (non-hydrogen) atoms. The molecule has 0 saturated heterocycles. The van der Waals surface area contributed by atoms with Crippen LogP contribution < -0.4 is 4.74 Å². The van der Waals surface area contributed by atoms with Crippen molar-refractivity contribution in [2.45, 2.75) is 38.5 Å². The molecule has 0 unspecified atom stereocenters. The topological polar surface area (TPSA) is 9.23 Å². The van der Waals surface area contributed by atoms with E-state index in [-0.39, 0.29) is 5.41 Å². The SMILES string of the molecule is CCCC[C@@](C)(c1ccccc1)c1ccc(OC)cc1. The van der Waals surface area contributed by atoms with Gasteiger partial charge in [0.05, 0.1) is 7.11 Å². The van der Waals surface area contributed by atoms with Crippen LogP contribution in [0.25, 0.3) is 0 Å². The van der Waals surface area contributed by atoms with Crippen LogP contribution in [-0.4, -0.2) is 7.11 Å². The first-order chi connectivity index (χ1) is 9.70. The molecule has 2 aromatic rings. The average Bonchev–Trinajstić information content (AvgIpc) is 2.53. The maximum absolute atomic E-state index is 5.27. The molecule has 1 atom stereocenters. The van der Waals surface area contributed by atoms with Gasteiger partial charge in [-0.2, -0.15) is 0 Å². The van der Waals surface area contributed by atoms with E-state index in [9.17, 15) is 0 Å². The molecule has 0 aliphatic rings.